The van der Waals surface area contributed by atoms with Crippen molar-refractivity contribution in [1.29, 1.82) is 0 Å². The van der Waals surface area contributed by atoms with E-state index >= 15 is 0 Å². The minimum Gasteiger partial charge on any atom is -0.505 e. The predicted octanol–water partition coefficient (Wildman–Crippen LogP) is 8.52. The molecule has 5 aromatic rings. The maximum absolute atomic E-state index is 11.0. The minimum atomic E-state index is -0.970. The lowest BCUT2D eigenvalue weighted by molar-refractivity contribution is -0.135. The van der Waals surface area contributed by atoms with Crippen molar-refractivity contribution in [2.75, 3.05) is 11.9 Å². The lowest BCUT2D eigenvalue weighted by atomic mass is 10.0. The van der Waals surface area contributed by atoms with Crippen LogP contribution in [0.4, 0.5) is 28.4 Å². The van der Waals surface area contributed by atoms with E-state index in [1.165, 1.54) is 0 Å². The van der Waals surface area contributed by atoms with Gasteiger partial charge < -0.3 is 25.7 Å². The van der Waals surface area contributed by atoms with Gasteiger partial charge in [-0.2, -0.15) is 5.11 Å². The summed E-state index contributed by atoms with van der Waals surface area (Å²) < 4.78 is 0. The number of carbonyl (C=O) groups is 3. The minimum absolute atomic E-state index is 0.0182. The Morgan fingerprint density at radius 1 is 0.667 bits per heavy atom. The first-order valence-electron chi connectivity index (χ1n) is 13.5. The average molecular weight is 610 g/mol. The van der Waals surface area contributed by atoms with E-state index < -0.39 is 17.9 Å². The van der Waals surface area contributed by atoms with Crippen molar-refractivity contribution >= 4 is 67.9 Å². The third-order valence-corrected chi connectivity index (χ3v) is 5.89. The van der Waals surface area contributed by atoms with Gasteiger partial charge in [-0.05, 0) is 60.3 Å². The number of nitrogens with one attached hydrogen (secondary N) is 1. The molecule has 0 aliphatic carbocycles. The molecule has 0 heterocycles. The molecule has 0 radical (unpaired) electrons. The molecule has 0 atom stereocenters. The van der Waals surface area contributed by atoms with E-state index in [9.17, 15) is 9.90 Å². The normalized spacial score (nSPS) is 10.6. The molecule has 0 saturated heterocycles. The molecule has 0 spiro atoms. The zero-order valence-electron chi connectivity index (χ0n) is 24.7. The molecule has 5 aromatic carbocycles. The van der Waals surface area contributed by atoms with Gasteiger partial charge in [0.1, 0.15) is 12.2 Å². The molecule has 5 N–H and O–H groups in total. The number of aryl methyl sites for hydroxylation is 1. The standard InChI is InChI=1S/C29H23N5O3.2C2H4O2/c1-18-15-19-11-12-21(30-17-27(35)36)16-24(19)29(37)28(18)34-33-26-14-13-25(22-9-5-6-10-23(22)26)32-31-20-7-3-2-4-8-20;2*1-2(3)4/h2-16,30,37H,17H2,1H3,(H,35,36);2*1H3,(H,3,4). The van der Waals surface area contributed by atoms with E-state index in [1.807, 2.05) is 85.8 Å². The molecule has 0 unspecified atom stereocenters. The molecule has 0 aliphatic heterocycles. The Bertz CT molecular complexity index is 1870. The number of carboxylic acid groups (broad SMARTS) is 3. The Labute approximate surface area is 258 Å². The molecular weight excluding hydrogens is 578 g/mol. The van der Waals surface area contributed by atoms with Crippen LogP contribution in [-0.2, 0) is 14.4 Å². The second kappa shape index (κ2) is 15.9. The molecule has 0 saturated carbocycles. The Kier molecular flexibility index (Phi) is 11.8. The largest absolute Gasteiger partial charge is 0.505 e. The van der Waals surface area contributed by atoms with E-state index in [4.69, 9.17) is 24.9 Å². The van der Waals surface area contributed by atoms with Gasteiger partial charge in [-0.15, -0.1) is 15.3 Å². The Morgan fingerprint density at radius 3 is 1.76 bits per heavy atom. The fourth-order valence-corrected chi connectivity index (χ4v) is 4.07. The van der Waals surface area contributed by atoms with Gasteiger partial charge in [-0.1, -0.05) is 48.5 Å². The summed E-state index contributed by atoms with van der Waals surface area (Å²) in [5.74, 6) is -2.65. The number of aromatic hydroxyl groups is 1. The summed E-state index contributed by atoms with van der Waals surface area (Å²) in [5, 5.41) is 58.3. The summed E-state index contributed by atoms with van der Waals surface area (Å²) in [5.41, 5.74) is 3.80. The lowest BCUT2D eigenvalue weighted by Gasteiger charge is -2.10. The fourth-order valence-electron chi connectivity index (χ4n) is 4.07. The van der Waals surface area contributed by atoms with Gasteiger partial charge in [0.25, 0.3) is 11.9 Å². The Balaban J connectivity index is 0.000000619. The molecule has 12 nitrogen and oxygen atoms in total. The molecule has 0 amide bonds. The number of hydrogen-bond acceptors (Lipinski definition) is 9. The fraction of sp³-hybridized carbons (Fsp3) is 0.121. The second-order valence-corrected chi connectivity index (χ2v) is 9.50. The smallest absolute Gasteiger partial charge is 0.322 e. The monoisotopic (exact) mass is 609 g/mol. The molecule has 0 fully saturated rings. The molecule has 0 aliphatic rings. The van der Waals surface area contributed by atoms with Crippen molar-refractivity contribution in [2.45, 2.75) is 20.8 Å². The van der Waals surface area contributed by atoms with Crippen molar-refractivity contribution < 1.29 is 34.8 Å². The highest BCUT2D eigenvalue weighted by molar-refractivity contribution is 6.00. The lowest BCUT2D eigenvalue weighted by Crippen LogP contribution is -2.12. The summed E-state index contributed by atoms with van der Waals surface area (Å²) in [7, 11) is 0. The zero-order chi connectivity index (χ0) is 32.9. The molecule has 0 aromatic heterocycles. The maximum atomic E-state index is 11.0. The van der Waals surface area contributed by atoms with Crippen LogP contribution in [0, 0.1) is 6.92 Å². The summed E-state index contributed by atoms with van der Waals surface area (Å²) in [6, 6.07) is 28.2. The number of rotatable bonds is 7. The number of phenolic OH excluding ortho intramolecular Hbond substituents is 1. The van der Waals surface area contributed by atoms with Crippen molar-refractivity contribution in [3.63, 3.8) is 0 Å². The van der Waals surface area contributed by atoms with Crippen molar-refractivity contribution in [3.8, 4) is 5.75 Å². The first-order valence-corrected chi connectivity index (χ1v) is 13.5. The number of nitrogens with zero attached hydrogens (tertiary/aromatic N) is 4. The van der Waals surface area contributed by atoms with Gasteiger partial charge in [0.05, 0.1) is 17.1 Å². The second-order valence-electron chi connectivity index (χ2n) is 9.50. The molecule has 12 heteroatoms. The molecule has 0 bridgehead atoms. The van der Waals surface area contributed by atoms with Crippen LogP contribution >= 0.6 is 0 Å². The van der Waals surface area contributed by atoms with E-state index in [0.717, 1.165) is 41.3 Å². The quantitative estimate of drug-likeness (QED) is 0.113. The summed E-state index contributed by atoms with van der Waals surface area (Å²) in [6.45, 7) is 3.80. The van der Waals surface area contributed by atoms with Crippen LogP contribution in [0.3, 0.4) is 0 Å². The van der Waals surface area contributed by atoms with Crippen LogP contribution in [-0.4, -0.2) is 44.9 Å². The van der Waals surface area contributed by atoms with Crippen LogP contribution in [0.1, 0.15) is 19.4 Å². The van der Waals surface area contributed by atoms with Gasteiger partial charge in [0, 0.05) is 35.7 Å². The van der Waals surface area contributed by atoms with Crippen molar-refractivity contribution in [2.24, 2.45) is 20.5 Å². The topological polar surface area (TPSA) is 194 Å². The van der Waals surface area contributed by atoms with E-state index in [-0.39, 0.29) is 12.3 Å². The third-order valence-electron chi connectivity index (χ3n) is 5.89. The van der Waals surface area contributed by atoms with E-state index in [1.54, 1.807) is 12.1 Å². The number of hydrogen-bond donors (Lipinski definition) is 5. The predicted molar refractivity (Wildman–Crippen MR) is 172 cm³/mol. The number of phenols is 1. The van der Waals surface area contributed by atoms with Crippen LogP contribution in [0.2, 0.25) is 0 Å². The number of carboxylic acids is 3. The first kappa shape index (κ1) is 33.3. The third kappa shape index (κ3) is 9.96. The number of aliphatic carboxylic acids is 3. The molecule has 45 heavy (non-hydrogen) atoms. The summed E-state index contributed by atoms with van der Waals surface area (Å²) in [4.78, 5) is 28.9. The average Bonchev–Trinajstić information content (AvgIpc) is 2.99. The van der Waals surface area contributed by atoms with Crippen LogP contribution in [0.15, 0.2) is 111 Å². The number of anilines is 1. The highest BCUT2D eigenvalue weighted by Crippen LogP contribution is 2.41. The van der Waals surface area contributed by atoms with E-state index in [0.29, 0.717) is 28.1 Å². The van der Waals surface area contributed by atoms with E-state index in [2.05, 4.69) is 25.8 Å². The molecule has 230 valence electrons. The van der Waals surface area contributed by atoms with Crippen molar-refractivity contribution in [3.05, 3.63) is 96.6 Å². The Morgan fingerprint density at radius 2 is 1.20 bits per heavy atom. The van der Waals surface area contributed by atoms with Crippen LogP contribution < -0.4 is 5.32 Å². The number of benzene rings is 5. The Hall–Kier alpha value is -6.17. The molecule has 5 rings (SSSR count). The molecular formula is C33H31N5O7. The van der Waals surface area contributed by atoms with Gasteiger partial charge in [0.2, 0.25) is 0 Å². The maximum Gasteiger partial charge on any atom is 0.322 e. The highest BCUT2D eigenvalue weighted by atomic mass is 16.4. The zero-order valence-corrected chi connectivity index (χ0v) is 24.7. The van der Waals surface area contributed by atoms with Gasteiger partial charge >= 0.3 is 5.97 Å². The van der Waals surface area contributed by atoms with Gasteiger partial charge in [-0.3, -0.25) is 14.4 Å². The van der Waals surface area contributed by atoms with Crippen LogP contribution in [0.5, 0.6) is 5.75 Å². The van der Waals surface area contributed by atoms with Gasteiger partial charge in [0.15, 0.2) is 5.75 Å². The van der Waals surface area contributed by atoms with Crippen LogP contribution in [0.25, 0.3) is 21.5 Å². The summed E-state index contributed by atoms with van der Waals surface area (Å²) >= 11 is 0. The number of fused-ring (bicyclic) bond motifs is 2. The number of azo groups is 2. The van der Waals surface area contributed by atoms with Gasteiger partial charge in [-0.25, -0.2) is 0 Å². The summed E-state index contributed by atoms with van der Waals surface area (Å²) in [6.07, 6.45) is 0. The van der Waals surface area contributed by atoms with Crippen molar-refractivity contribution in [1.82, 2.24) is 0 Å². The highest BCUT2D eigenvalue weighted by Gasteiger charge is 2.12. The first-order chi connectivity index (χ1) is 21.5. The SMILES string of the molecule is CC(=O)O.CC(=O)O.Cc1cc2ccc(NCC(=O)O)cc2c(O)c1N=Nc1ccc(N=Nc2ccccc2)c2ccccc12.